The van der Waals surface area contributed by atoms with Gasteiger partial charge in [0.15, 0.2) is 16.3 Å². The quantitative estimate of drug-likeness (QED) is 0.280. The maximum Gasteiger partial charge on any atom is 0.268 e. The first-order valence-electron chi connectivity index (χ1n) is 11.2. The van der Waals surface area contributed by atoms with E-state index in [4.69, 9.17) is 31.5 Å². The molecule has 0 bridgehead atoms. The van der Waals surface area contributed by atoms with E-state index in [2.05, 4.69) is 38.0 Å². The summed E-state index contributed by atoms with van der Waals surface area (Å²) in [5.74, 6) is 0. The van der Waals surface area contributed by atoms with E-state index in [0.29, 0.717) is 21.4 Å². The van der Waals surface area contributed by atoms with E-state index in [9.17, 15) is 0 Å². The Kier molecular flexibility index (Phi) is 5.86. The van der Waals surface area contributed by atoms with Crippen LogP contribution in [0, 0.1) is 5.41 Å². The van der Waals surface area contributed by atoms with Crippen molar-refractivity contribution in [2.45, 2.75) is 42.7 Å². The lowest BCUT2D eigenvalue weighted by molar-refractivity contribution is -0.0278. The Hall–Kier alpha value is -2.75. The predicted molar refractivity (Wildman–Crippen MR) is 138 cm³/mol. The van der Waals surface area contributed by atoms with E-state index in [1.54, 1.807) is 12.6 Å². The fourth-order valence-corrected chi connectivity index (χ4v) is 5.94. The van der Waals surface area contributed by atoms with Gasteiger partial charge in [0.05, 0.1) is 6.33 Å². The molecule has 2 aromatic heterocycles. The highest BCUT2D eigenvalue weighted by Crippen LogP contribution is 2.46. The second-order valence-electron chi connectivity index (χ2n) is 8.75. The highest BCUT2D eigenvalue weighted by molar-refractivity contribution is 9.10. The Bertz CT molecular complexity index is 1500. The molecule has 2 aliphatic rings. The van der Waals surface area contributed by atoms with Crippen molar-refractivity contribution in [2.24, 2.45) is 0 Å². The van der Waals surface area contributed by atoms with E-state index in [1.807, 2.05) is 41.0 Å². The molecule has 6 rings (SSSR count). The zero-order valence-electron chi connectivity index (χ0n) is 18.5. The lowest BCUT2D eigenvalue weighted by atomic mass is 9.64. The van der Waals surface area contributed by atoms with Gasteiger partial charge in [-0.3, -0.25) is 5.41 Å². The number of hydrogen-bond donors (Lipinski definition) is 2. The SMILES string of the molecule is N=c1ncn(CC2(c3ccc(Cl)cc3)CCC2)c2nc(SC3=COC(c4ccccc4Br)O3)[nH]c12. The lowest BCUT2D eigenvalue weighted by Gasteiger charge is -2.43. The van der Waals surface area contributed by atoms with Gasteiger partial charge in [0, 0.05) is 27.0 Å². The van der Waals surface area contributed by atoms with E-state index in [0.717, 1.165) is 34.4 Å². The zero-order valence-corrected chi connectivity index (χ0v) is 21.7. The first kappa shape index (κ1) is 22.7. The summed E-state index contributed by atoms with van der Waals surface area (Å²) in [7, 11) is 0. The molecule has 4 aromatic rings. The van der Waals surface area contributed by atoms with Crippen LogP contribution in [0.4, 0.5) is 0 Å². The molecular weight excluding hydrogens is 550 g/mol. The number of imidazole rings is 1. The molecule has 0 saturated heterocycles. The Balaban J connectivity index is 1.26. The fourth-order valence-electron chi connectivity index (χ4n) is 4.62. The van der Waals surface area contributed by atoms with Crippen LogP contribution in [0.2, 0.25) is 5.02 Å². The largest absolute Gasteiger partial charge is 0.454 e. The van der Waals surface area contributed by atoms with Crippen LogP contribution in [0.1, 0.15) is 36.7 Å². The van der Waals surface area contributed by atoms with E-state index in [-0.39, 0.29) is 10.9 Å². The summed E-state index contributed by atoms with van der Waals surface area (Å²) in [5, 5.41) is 10.3. The molecule has 0 radical (unpaired) electrons. The van der Waals surface area contributed by atoms with E-state index < -0.39 is 6.29 Å². The molecule has 2 N–H and O–H groups in total. The monoisotopic (exact) mass is 569 g/mol. The van der Waals surface area contributed by atoms with Crippen LogP contribution in [0.5, 0.6) is 0 Å². The molecule has 1 fully saturated rings. The van der Waals surface area contributed by atoms with Crippen molar-refractivity contribution in [2.75, 3.05) is 0 Å². The molecule has 0 spiro atoms. The average molecular weight is 571 g/mol. The summed E-state index contributed by atoms with van der Waals surface area (Å²) in [5.41, 5.74) is 3.66. The molecule has 178 valence electrons. The normalized spacial score (nSPS) is 18.6. The Labute approximate surface area is 219 Å². The molecule has 1 aliphatic carbocycles. The minimum Gasteiger partial charge on any atom is -0.454 e. The number of nitrogens with one attached hydrogen (secondary N) is 2. The van der Waals surface area contributed by atoms with Crippen molar-refractivity contribution in [3.8, 4) is 0 Å². The molecule has 2 aromatic carbocycles. The van der Waals surface area contributed by atoms with Gasteiger partial charge >= 0.3 is 0 Å². The van der Waals surface area contributed by atoms with Crippen LogP contribution < -0.4 is 5.49 Å². The second kappa shape index (κ2) is 9.04. The Morgan fingerprint density at radius 2 is 2.00 bits per heavy atom. The van der Waals surface area contributed by atoms with Crippen LogP contribution >= 0.6 is 39.3 Å². The molecule has 1 saturated carbocycles. The number of nitrogens with zero attached hydrogens (tertiary/aromatic N) is 3. The van der Waals surface area contributed by atoms with Gasteiger partial charge in [-0.2, -0.15) is 0 Å². The number of thioether (sulfide) groups is 1. The van der Waals surface area contributed by atoms with E-state index in [1.165, 1.54) is 23.7 Å². The fraction of sp³-hybridized carbons (Fsp3) is 0.240. The Morgan fingerprint density at radius 3 is 2.74 bits per heavy atom. The summed E-state index contributed by atoms with van der Waals surface area (Å²) in [6.45, 7) is 0.736. The maximum absolute atomic E-state index is 8.31. The third-order valence-corrected chi connectivity index (χ3v) is 8.36. The predicted octanol–water partition coefficient (Wildman–Crippen LogP) is 6.41. The van der Waals surface area contributed by atoms with Gasteiger partial charge in [-0.15, -0.1) is 0 Å². The molecule has 10 heteroatoms. The topological polar surface area (TPSA) is 88.8 Å². The number of H-pyrrole nitrogens is 1. The third kappa shape index (κ3) is 4.26. The van der Waals surface area contributed by atoms with Crippen LogP contribution in [0.15, 0.2) is 75.8 Å². The molecule has 0 amide bonds. The number of rotatable bonds is 6. The minimum absolute atomic E-state index is 0.0148. The molecule has 1 atom stereocenters. The first-order chi connectivity index (χ1) is 17.0. The smallest absolute Gasteiger partial charge is 0.268 e. The van der Waals surface area contributed by atoms with E-state index >= 15 is 0 Å². The van der Waals surface area contributed by atoms with Crippen molar-refractivity contribution in [1.82, 2.24) is 19.5 Å². The van der Waals surface area contributed by atoms with Gasteiger partial charge in [-0.05, 0) is 48.4 Å². The lowest BCUT2D eigenvalue weighted by Crippen LogP contribution is -2.39. The average Bonchev–Trinajstić information content (AvgIpc) is 3.47. The minimum atomic E-state index is -0.520. The van der Waals surface area contributed by atoms with Gasteiger partial charge in [0.2, 0.25) is 5.09 Å². The van der Waals surface area contributed by atoms with Gasteiger partial charge in [-0.25, -0.2) is 9.97 Å². The van der Waals surface area contributed by atoms with Crippen molar-refractivity contribution in [3.05, 3.63) is 92.3 Å². The molecule has 1 unspecified atom stereocenters. The van der Waals surface area contributed by atoms with Crippen LogP contribution in [-0.2, 0) is 21.4 Å². The van der Waals surface area contributed by atoms with Gasteiger partial charge in [-0.1, -0.05) is 64.3 Å². The number of benzene rings is 2. The Morgan fingerprint density at radius 1 is 1.20 bits per heavy atom. The van der Waals surface area contributed by atoms with Gasteiger partial charge in [0.1, 0.15) is 11.8 Å². The summed E-state index contributed by atoms with van der Waals surface area (Å²) in [4.78, 5) is 12.4. The highest BCUT2D eigenvalue weighted by Gasteiger charge is 2.39. The summed E-state index contributed by atoms with van der Waals surface area (Å²) in [6.07, 6.45) is 6.15. The number of aromatic nitrogens is 4. The standard InChI is InChI=1S/C25H21BrClN5O2S/c26-18-5-2-1-4-17(18)23-33-12-19(34-23)35-24-30-20-21(28)29-14-32(22(20)31-24)13-25(10-3-11-25)15-6-8-16(27)9-7-15/h1-2,4-9,12,14,23,28H,3,10-11,13H2,(H,30,31). The van der Waals surface area contributed by atoms with Crippen molar-refractivity contribution >= 4 is 50.5 Å². The third-order valence-electron chi connectivity index (χ3n) is 6.61. The molecule has 7 nitrogen and oxygen atoms in total. The molecule has 1 aliphatic heterocycles. The molecular formula is C25H21BrClN5O2S. The number of hydrogen-bond acceptors (Lipinski definition) is 6. The highest BCUT2D eigenvalue weighted by atomic mass is 79.9. The first-order valence-corrected chi connectivity index (χ1v) is 13.2. The molecule has 35 heavy (non-hydrogen) atoms. The van der Waals surface area contributed by atoms with Gasteiger partial charge in [0.25, 0.3) is 6.29 Å². The number of ether oxygens (including phenoxy) is 2. The number of halogens is 2. The molecule has 3 heterocycles. The van der Waals surface area contributed by atoms with Crippen molar-refractivity contribution in [1.29, 1.82) is 5.41 Å². The van der Waals surface area contributed by atoms with Crippen molar-refractivity contribution < 1.29 is 9.47 Å². The number of aromatic amines is 1. The van der Waals surface area contributed by atoms with Gasteiger partial charge < -0.3 is 19.0 Å². The van der Waals surface area contributed by atoms with Crippen molar-refractivity contribution in [3.63, 3.8) is 0 Å². The summed E-state index contributed by atoms with van der Waals surface area (Å²) >= 11 is 11.0. The summed E-state index contributed by atoms with van der Waals surface area (Å²) in [6, 6.07) is 15.9. The summed E-state index contributed by atoms with van der Waals surface area (Å²) < 4.78 is 14.7. The maximum atomic E-state index is 8.31. The second-order valence-corrected chi connectivity index (χ2v) is 11.0. The van der Waals surface area contributed by atoms with Crippen LogP contribution in [-0.4, -0.2) is 19.5 Å². The zero-order chi connectivity index (χ0) is 24.0. The van der Waals surface area contributed by atoms with Crippen LogP contribution in [0.3, 0.4) is 0 Å². The van der Waals surface area contributed by atoms with Crippen LogP contribution in [0.25, 0.3) is 11.2 Å². The number of fused-ring (bicyclic) bond motifs is 1.